The van der Waals surface area contributed by atoms with Gasteiger partial charge in [-0.1, -0.05) is 13.8 Å². The van der Waals surface area contributed by atoms with Crippen LogP contribution in [0.3, 0.4) is 0 Å². The van der Waals surface area contributed by atoms with E-state index in [1.165, 1.54) is 5.69 Å². The van der Waals surface area contributed by atoms with Crippen LogP contribution in [-0.2, 0) is 4.79 Å². The van der Waals surface area contributed by atoms with Crippen LogP contribution >= 0.6 is 0 Å². The average Bonchev–Trinajstić information content (AvgIpc) is 2.61. The second-order valence-corrected chi connectivity index (χ2v) is 4.81. The van der Waals surface area contributed by atoms with Crippen LogP contribution in [0.4, 0.5) is 0 Å². The maximum absolute atomic E-state index is 11.1. The van der Waals surface area contributed by atoms with Gasteiger partial charge < -0.3 is 5.32 Å². The molecule has 0 radical (unpaired) electrons. The van der Waals surface area contributed by atoms with E-state index in [4.69, 9.17) is 0 Å². The molecule has 1 amide bonds. The lowest BCUT2D eigenvalue weighted by Gasteiger charge is -2.25. The lowest BCUT2D eigenvalue weighted by atomic mass is 10.1. The van der Waals surface area contributed by atoms with Gasteiger partial charge in [0.15, 0.2) is 0 Å². The van der Waals surface area contributed by atoms with Gasteiger partial charge in [0.2, 0.25) is 5.91 Å². The molecule has 16 heavy (non-hydrogen) atoms. The molecule has 1 aliphatic rings. The summed E-state index contributed by atoms with van der Waals surface area (Å²) in [5, 5.41) is 7.45. The van der Waals surface area contributed by atoms with Gasteiger partial charge in [0.1, 0.15) is 0 Å². The molecule has 2 rings (SSSR count). The summed E-state index contributed by atoms with van der Waals surface area (Å²) in [5.41, 5.74) is 2.32. The molecule has 1 atom stereocenters. The van der Waals surface area contributed by atoms with Crippen molar-refractivity contribution in [3.05, 3.63) is 17.5 Å². The summed E-state index contributed by atoms with van der Waals surface area (Å²) in [6.45, 7) is 7.08. The van der Waals surface area contributed by atoms with Crippen LogP contribution in [0.25, 0.3) is 0 Å². The number of hydrogen-bond acceptors (Lipinski definition) is 2. The van der Waals surface area contributed by atoms with Crippen molar-refractivity contribution < 1.29 is 4.79 Å². The molecule has 0 aliphatic carbocycles. The number of aromatic nitrogens is 2. The highest BCUT2D eigenvalue weighted by Crippen LogP contribution is 2.23. The largest absolute Gasteiger partial charge is 0.354 e. The molecule has 1 aromatic rings. The van der Waals surface area contributed by atoms with Crippen LogP contribution in [-0.4, -0.2) is 22.2 Å². The third-order valence-corrected chi connectivity index (χ3v) is 3.06. The SMILES string of the molecule is Cc1cc(C(C)C)n(C2CCC(=O)NC2)n1. The number of amides is 1. The average molecular weight is 221 g/mol. The van der Waals surface area contributed by atoms with Crippen molar-refractivity contribution in [2.45, 2.75) is 45.6 Å². The normalized spacial score (nSPS) is 21.2. The molecule has 1 saturated heterocycles. The van der Waals surface area contributed by atoms with Crippen molar-refractivity contribution in [3.63, 3.8) is 0 Å². The van der Waals surface area contributed by atoms with Crippen LogP contribution in [0.1, 0.15) is 50.0 Å². The topological polar surface area (TPSA) is 46.9 Å². The van der Waals surface area contributed by atoms with E-state index in [0.717, 1.165) is 12.1 Å². The highest BCUT2D eigenvalue weighted by molar-refractivity contribution is 5.76. The Morgan fingerprint density at radius 2 is 2.31 bits per heavy atom. The third-order valence-electron chi connectivity index (χ3n) is 3.06. The van der Waals surface area contributed by atoms with Gasteiger partial charge in [-0.25, -0.2) is 0 Å². The number of piperidine rings is 1. The number of hydrogen-bond donors (Lipinski definition) is 1. The summed E-state index contributed by atoms with van der Waals surface area (Å²) in [6.07, 6.45) is 1.51. The summed E-state index contributed by atoms with van der Waals surface area (Å²) < 4.78 is 2.10. The van der Waals surface area contributed by atoms with E-state index < -0.39 is 0 Å². The molecule has 1 N–H and O–H groups in total. The zero-order valence-corrected chi connectivity index (χ0v) is 10.2. The van der Waals surface area contributed by atoms with E-state index in [0.29, 0.717) is 24.9 Å². The van der Waals surface area contributed by atoms with E-state index >= 15 is 0 Å². The Hall–Kier alpha value is -1.32. The van der Waals surface area contributed by atoms with Crippen molar-refractivity contribution in [1.29, 1.82) is 0 Å². The third kappa shape index (κ3) is 2.10. The zero-order chi connectivity index (χ0) is 11.7. The smallest absolute Gasteiger partial charge is 0.220 e. The molecule has 88 valence electrons. The minimum Gasteiger partial charge on any atom is -0.354 e. The number of nitrogens with one attached hydrogen (secondary N) is 1. The second-order valence-electron chi connectivity index (χ2n) is 4.81. The highest BCUT2D eigenvalue weighted by atomic mass is 16.1. The first-order chi connectivity index (χ1) is 7.58. The standard InChI is InChI=1S/C12H19N3O/c1-8(2)11-6-9(3)14-15(11)10-4-5-12(16)13-7-10/h6,8,10H,4-5,7H2,1-3H3,(H,13,16). The van der Waals surface area contributed by atoms with Crippen molar-refractivity contribution in [2.75, 3.05) is 6.54 Å². The van der Waals surface area contributed by atoms with E-state index in [1.807, 2.05) is 6.92 Å². The fourth-order valence-corrected chi connectivity index (χ4v) is 2.19. The van der Waals surface area contributed by atoms with Crippen LogP contribution < -0.4 is 5.32 Å². The Morgan fingerprint density at radius 1 is 1.56 bits per heavy atom. The van der Waals surface area contributed by atoms with E-state index in [-0.39, 0.29) is 5.91 Å². The molecule has 4 heteroatoms. The van der Waals surface area contributed by atoms with Crippen LogP contribution in [0.5, 0.6) is 0 Å². The van der Waals surface area contributed by atoms with Crippen LogP contribution in [0.2, 0.25) is 0 Å². The number of carbonyl (C=O) groups is 1. The van der Waals surface area contributed by atoms with Crippen molar-refractivity contribution in [1.82, 2.24) is 15.1 Å². The Labute approximate surface area is 96.0 Å². The number of carbonyl (C=O) groups excluding carboxylic acids is 1. The van der Waals surface area contributed by atoms with Crippen molar-refractivity contribution >= 4 is 5.91 Å². The molecular weight excluding hydrogens is 202 g/mol. The first-order valence-electron chi connectivity index (χ1n) is 5.90. The number of nitrogens with zero attached hydrogens (tertiary/aromatic N) is 2. The van der Waals surface area contributed by atoms with E-state index in [2.05, 4.69) is 35.0 Å². The maximum Gasteiger partial charge on any atom is 0.220 e. The Balaban J connectivity index is 2.22. The van der Waals surface area contributed by atoms with E-state index in [9.17, 15) is 4.79 Å². The fourth-order valence-electron chi connectivity index (χ4n) is 2.19. The second kappa shape index (κ2) is 4.28. The highest BCUT2D eigenvalue weighted by Gasteiger charge is 2.23. The molecule has 0 bridgehead atoms. The lowest BCUT2D eigenvalue weighted by molar-refractivity contribution is -0.122. The molecule has 4 nitrogen and oxygen atoms in total. The van der Waals surface area contributed by atoms with Crippen molar-refractivity contribution in [2.24, 2.45) is 0 Å². The van der Waals surface area contributed by atoms with Crippen LogP contribution in [0.15, 0.2) is 6.07 Å². The molecular formula is C12H19N3O. The van der Waals surface area contributed by atoms with Gasteiger partial charge in [0.05, 0.1) is 11.7 Å². The van der Waals surface area contributed by atoms with Gasteiger partial charge in [-0.2, -0.15) is 5.10 Å². The molecule has 1 unspecified atom stereocenters. The lowest BCUT2D eigenvalue weighted by Crippen LogP contribution is -2.37. The van der Waals surface area contributed by atoms with Gasteiger partial charge in [0, 0.05) is 18.7 Å². The summed E-state index contributed by atoms with van der Waals surface area (Å²) in [6, 6.07) is 2.46. The van der Waals surface area contributed by atoms with Gasteiger partial charge in [-0.3, -0.25) is 9.48 Å². The van der Waals surface area contributed by atoms with Gasteiger partial charge in [-0.05, 0) is 25.3 Å². The quantitative estimate of drug-likeness (QED) is 0.827. The molecule has 2 heterocycles. The van der Waals surface area contributed by atoms with Crippen LogP contribution in [0, 0.1) is 6.92 Å². The summed E-state index contributed by atoms with van der Waals surface area (Å²) in [4.78, 5) is 11.1. The summed E-state index contributed by atoms with van der Waals surface area (Å²) >= 11 is 0. The molecule has 0 spiro atoms. The monoisotopic (exact) mass is 221 g/mol. The van der Waals surface area contributed by atoms with Gasteiger partial charge >= 0.3 is 0 Å². The number of aryl methyl sites for hydroxylation is 1. The molecule has 1 fully saturated rings. The Bertz CT molecular complexity index is 385. The molecule has 0 aromatic carbocycles. The first kappa shape index (κ1) is 11.2. The predicted molar refractivity (Wildman–Crippen MR) is 62.3 cm³/mol. The minimum atomic E-state index is 0.159. The van der Waals surface area contributed by atoms with Gasteiger partial charge in [-0.15, -0.1) is 0 Å². The van der Waals surface area contributed by atoms with Crippen molar-refractivity contribution in [3.8, 4) is 0 Å². The summed E-state index contributed by atoms with van der Waals surface area (Å²) in [5.74, 6) is 0.630. The molecule has 1 aliphatic heterocycles. The Kier molecular flexibility index (Phi) is 2.99. The zero-order valence-electron chi connectivity index (χ0n) is 10.2. The number of rotatable bonds is 2. The van der Waals surface area contributed by atoms with E-state index in [1.54, 1.807) is 0 Å². The first-order valence-corrected chi connectivity index (χ1v) is 5.90. The maximum atomic E-state index is 11.1. The molecule has 0 saturated carbocycles. The predicted octanol–water partition coefficient (Wildman–Crippen LogP) is 1.77. The summed E-state index contributed by atoms with van der Waals surface area (Å²) in [7, 11) is 0. The molecule has 1 aromatic heterocycles. The minimum absolute atomic E-state index is 0.159. The Morgan fingerprint density at radius 3 is 2.88 bits per heavy atom. The fraction of sp³-hybridized carbons (Fsp3) is 0.667. The van der Waals surface area contributed by atoms with Gasteiger partial charge in [0.25, 0.3) is 0 Å².